The minimum atomic E-state index is -3.45. The normalized spacial score (nSPS) is 20.3. The predicted molar refractivity (Wildman–Crippen MR) is 138 cm³/mol. The summed E-state index contributed by atoms with van der Waals surface area (Å²) in [7, 11) is -3.45. The molecule has 0 radical (unpaired) electrons. The van der Waals surface area contributed by atoms with E-state index in [1.807, 2.05) is 12.1 Å². The van der Waals surface area contributed by atoms with Crippen LogP contribution in [0.4, 0.5) is 17.3 Å². The molecule has 3 aromatic rings. The Morgan fingerprint density at radius 2 is 1.92 bits per heavy atom. The molecule has 1 saturated carbocycles. The minimum Gasteiger partial charge on any atom is -0.474 e. The van der Waals surface area contributed by atoms with Crippen LogP contribution in [0.3, 0.4) is 0 Å². The Morgan fingerprint density at radius 1 is 1.14 bits per heavy atom. The van der Waals surface area contributed by atoms with Crippen molar-refractivity contribution in [3.63, 3.8) is 0 Å². The Hall–Kier alpha value is -3.76. The molecule has 12 nitrogen and oxygen atoms in total. The van der Waals surface area contributed by atoms with E-state index in [4.69, 9.17) is 19.7 Å². The summed E-state index contributed by atoms with van der Waals surface area (Å²) in [6.07, 6.45) is 7.43. The van der Waals surface area contributed by atoms with Crippen LogP contribution in [0.25, 0.3) is 10.9 Å². The highest BCUT2D eigenvalue weighted by atomic mass is 32.2. The highest BCUT2D eigenvalue weighted by Crippen LogP contribution is 2.33. The van der Waals surface area contributed by atoms with Gasteiger partial charge in [0.05, 0.1) is 42.3 Å². The van der Waals surface area contributed by atoms with E-state index < -0.39 is 10.0 Å². The van der Waals surface area contributed by atoms with Gasteiger partial charge in [-0.2, -0.15) is 10.2 Å². The Morgan fingerprint density at radius 3 is 2.65 bits per heavy atom. The van der Waals surface area contributed by atoms with Crippen LogP contribution in [-0.4, -0.2) is 73.1 Å². The summed E-state index contributed by atoms with van der Waals surface area (Å²) in [6, 6.07) is 7.53. The van der Waals surface area contributed by atoms with Crippen molar-refractivity contribution in [2.75, 3.05) is 47.5 Å². The lowest BCUT2D eigenvalue weighted by Gasteiger charge is -2.31. The summed E-state index contributed by atoms with van der Waals surface area (Å²) >= 11 is 0. The van der Waals surface area contributed by atoms with Gasteiger partial charge in [-0.1, -0.05) is 0 Å². The molecule has 194 valence electrons. The van der Waals surface area contributed by atoms with E-state index >= 15 is 0 Å². The predicted octanol–water partition coefficient (Wildman–Crippen LogP) is 2.30. The number of anilines is 3. The molecular weight excluding hydrogens is 496 g/mol. The van der Waals surface area contributed by atoms with E-state index in [-0.39, 0.29) is 18.0 Å². The van der Waals surface area contributed by atoms with Crippen LogP contribution in [0.2, 0.25) is 0 Å². The van der Waals surface area contributed by atoms with Crippen molar-refractivity contribution in [2.24, 2.45) is 0 Å². The quantitative estimate of drug-likeness (QED) is 0.467. The molecule has 3 aromatic heterocycles. The molecule has 13 heteroatoms. The van der Waals surface area contributed by atoms with Crippen molar-refractivity contribution in [1.29, 1.82) is 5.26 Å². The number of nitrogens with one attached hydrogen (secondary N) is 2. The van der Waals surface area contributed by atoms with Gasteiger partial charge in [0.25, 0.3) is 0 Å². The molecule has 4 heterocycles. The first-order chi connectivity index (χ1) is 17.9. The topological polar surface area (TPSA) is 155 Å². The van der Waals surface area contributed by atoms with E-state index in [0.29, 0.717) is 41.5 Å². The van der Waals surface area contributed by atoms with E-state index in [2.05, 4.69) is 29.9 Å². The molecule has 37 heavy (non-hydrogen) atoms. The van der Waals surface area contributed by atoms with Crippen LogP contribution in [0, 0.1) is 11.3 Å². The maximum atomic E-state index is 11.8. The Labute approximate surface area is 215 Å². The second kappa shape index (κ2) is 10.7. The highest BCUT2D eigenvalue weighted by molar-refractivity contribution is 7.92. The van der Waals surface area contributed by atoms with E-state index in [1.54, 1.807) is 18.3 Å². The third-order valence-electron chi connectivity index (χ3n) is 6.33. The molecule has 2 fully saturated rings. The molecule has 0 atom stereocenters. The average molecular weight is 525 g/mol. The molecule has 0 spiro atoms. The standard InChI is InChI=1S/C24H28N8O4S/c1-37(33,34)31-17-12-19-20(27-15-17)13-23(32-8-10-35-11-9-32)30-24(19)36-18-4-2-16(3-5-18)28-21-6-7-26-22(14-25)29-21/h6-7,12-13,15-16,18,31H,2-5,8-11H2,1H3,(H,26,28,29). The zero-order valence-corrected chi connectivity index (χ0v) is 21.2. The van der Waals surface area contributed by atoms with Crippen LogP contribution >= 0.6 is 0 Å². The highest BCUT2D eigenvalue weighted by Gasteiger charge is 2.25. The molecule has 0 amide bonds. The summed E-state index contributed by atoms with van der Waals surface area (Å²) < 4.78 is 37.9. The molecule has 0 bridgehead atoms. The molecule has 1 saturated heterocycles. The first-order valence-corrected chi connectivity index (χ1v) is 14.0. The van der Waals surface area contributed by atoms with Crippen molar-refractivity contribution in [1.82, 2.24) is 19.9 Å². The zero-order chi connectivity index (χ0) is 25.8. The lowest BCUT2D eigenvalue weighted by Crippen LogP contribution is -2.37. The first kappa shape index (κ1) is 24.9. The molecule has 1 aliphatic heterocycles. The van der Waals surface area contributed by atoms with Crippen molar-refractivity contribution in [3.05, 3.63) is 36.4 Å². The summed E-state index contributed by atoms with van der Waals surface area (Å²) in [6.45, 7) is 2.69. The van der Waals surface area contributed by atoms with E-state index in [9.17, 15) is 8.42 Å². The van der Waals surface area contributed by atoms with Crippen molar-refractivity contribution in [3.8, 4) is 11.9 Å². The van der Waals surface area contributed by atoms with Gasteiger partial charge in [-0.25, -0.2) is 18.4 Å². The second-order valence-electron chi connectivity index (χ2n) is 9.16. The number of pyridine rings is 2. The van der Waals surface area contributed by atoms with Gasteiger partial charge in [-0.3, -0.25) is 9.71 Å². The molecule has 0 aromatic carbocycles. The fraction of sp³-hybridized carbons (Fsp3) is 0.458. The van der Waals surface area contributed by atoms with Crippen molar-refractivity contribution >= 4 is 38.2 Å². The van der Waals surface area contributed by atoms with Crippen LogP contribution in [0.1, 0.15) is 31.5 Å². The maximum absolute atomic E-state index is 11.8. The zero-order valence-electron chi connectivity index (χ0n) is 20.4. The number of aromatic nitrogens is 4. The van der Waals surface area contributed by atoms with E-state index in [1.165, 1.54) is 6.20 Å². The van der Waals surface area contributed by atoms with Gasteiger partial charge >= 0.3 is 0 Å². The fourth-order valence-electron chi connectivity index (χ4n) is 4.58. The van der Waals surface area contributed by atoms with Gasteiger partial charge in [0.2, 0.25) is 21.7 Å². The largest absolute Gasteiger partial charge is 0.474 e. The third-order valence-corrected chi connectivity index (χ3v) is 6.94. The monoisotopic (exact) mass is 524 g/mol. The number of fused-ring (bicyclic) bond motifs is 1. The van der Waals surface area contributed by atoms with Gasteiger partial charge in [0.1, 0.15) is 23.8 Å². The average Bonchev–Trinajstić information content (AvgIpc) is 2.89. The smallest absolute Gasteiger partial charge is 0.234 e. The van der Waals surface area contributed by atoms with Gasteiger partial charge < -0.3 is 19.7 Å². The summed E-state index contributed by atoms with van der Waals surface area (Å²) in [4.78, 5) is 19.6. The van der Waals surface area contributed by atoms with Crippen LogP contribution in [-0.2, 0) is 14.8 Å². The molecule has 1 aliphatic carbocycles. The fourth-order valence-corrected chi connectivity index (χ4v) is 5.12. The number of nitrogens with zero attached hydrogens (tertiary/aromatic N) is 6. The molecule has 2 N–H and O–H groups in total. The number of rotatable bonds is 7. The van der Waals surface area contributed by atoms with Crippen LogP contribution in [0.15, 0.2) is 30.6 Å². The third kappa shape index (κ3) is 6.33. The Balaban J connectivity index is 1.34. The second-order valence-corrected chi connectivity index (χ2v) is 10.9. The SMILES string of the molecule is CS(=O)(=O)Nc1cnc2cc(N3CCOCC3)nc(OC3CCC(Nc4ccnc(C#N)n4)CC3)c2c1. The molecule has 2 aliphatic rings. The Bertz CT molecular complexity index is 1410. The molecule has 0 unspecified atom stereocenters. The number of hydrogen-bond acceptors (Lipinski definition) is 11. The minimum absolute atomic E-state index is 0.0553. The van der Waals surface area contributed by atoms with Crippen molar-refractivity contribution < 1.29 is 17.9 Å². The first-order valence-electron chi connectivity index (χ1n) is 12.1. The van der Waals surface area contributed by atoms with Gasteiger partial charge in [0.15, 0.2) is 0 Å². The number of sulfonamides is 1. The summed E-state index contributed by atoms with van der Waals surface area (Å²) in [5.74, 6) is 1.97. The molecular formula is C24H28N8O4S. The number of hydrogen-bond donors (Lipinski definition) is 2. The maximum Gasteiger partial charge on any atom is 0.234 e. The van der Waals surface area contributed by atoms with Crippen LogP contribution < -0.4 is 19.7 Å². The Kier molecular flexibility index (Phi) is 7.20. The number of ether oxygens (including phenoxy) is 2. The lowest BCUT2D eigenvalue weighted by molar-refractivity contribution is 0.122. The number of morpholine rings is 1. The number of nitriles is 1. The summed E-state index contributed by atoms with van der Waals surface area (Å²) in [5, 5.41) is 13.1. The van der Waals surface area contributed by atoms with Gasteiger partial charge in [-0.15, -0.1) is 0 Å². The van der Waals surface area contributed by atoms with E-state index in [0.717, 1.165) is 50.8 Å². The lowest BCUT2D eigenvalue weighted by atomic mass is 9.93. The summed E-state index contributed by atoms with van der Waals surface area (Å²) in [5.41, 5.74) is 1.04. The van der Waals surface area contributed by atoms with Gasteiger partial charge in [-0.05, 0) is 37.8 Å². The molecule has 5 rings (SSSR count). The van der Waals surface area contributed by atoms with Gasteiger partial charge in [0, 0.05) is 31.4 Å². The van der Waals surface area contributed by atoms with Crippen LogP contribution in [0.5, 0.6) is 5.88 Å². The van der Waals surface area contributed by atoms with Crippen molar-refractivity contribution in [2.45, 2.75) is 37.8 Å².